The van der Waals surface area contributed by atoms with Crippen LogP contribution in [0, 0.1) is 0 Å². The van der Waals surface area contributed by atoms with E-state index in [0.717, 1.165) is 6.42 Å². The molecule has 6 nitrogen and oxygen atoms in total. The van der Waals surface area contributed by atoms with Crippen molar-refractivity contribution in [2.24, 2.45) is 0 Å². The van der Waals surface area contributed by atoms with Gasteiger partial charge in [-0.15, -0.1) is 0 Å². The van der Waals surface area contributed by atoms with Crippen molar-refractivity contribution in [2.75, 3.05) is 0 Å². The Kier molecular flexibility index (Phi) is 4.09. The molecule has 2 aromatic heterocycles. The number of aromatic nitrogens is 4. The molecule has 0 spiro atoms. The molecule has 120 valence electrons. The summed E-state index contributed by atoms with van der Waals surface area (Å²) in [6.45, 7) is 4.77. The fourth-order valence-corrected chi connectivity index (χ4v) is 2.90. The van der Waals surface area contributed by atoms with E-state index in [1.54, 1.807) is 42.1 Å². The normalized spacial score (nSPS) is 11.3. The van der Waals surface area contributed by atoms with Gasteiger partial charge in [-0.05, 0) is 31.5 Å². The molecule has 0 saturated heterocycles. The summed E-state index contributed by atoms with van der Waals surface area (Å²) >= 11 is 6.05. The molecule has 0 unspecified atom stereocenters. The zero-order valence-corrected chi connectivity index (χ0v) is 13.7. The smallest absolute Gasteiger partial charge is 0.325 e. The van der Waals surface area contributed by atoms with Gasteiger partial charge in [0, 0.05) is 18.1 Å². The minimum atomic E-state index is -0.408. The summed E-state index contributed by atoms with van der Waals surface area (Å²) in [5.41, 5.74) is 0.677. The van der Waals surface area contributed by atoms with Crippen LogP contribution >= 0.6 is 11.6 Å². The molecule has 0 aliphatic heterocycles. The zero-order chi connectivity index (χ0) is 16.6. The van der Waals surface area contributed by atoms with Crippen molar-refractivity contribution in [3.63, 3.8) is 0 Å². The standard InChI is InChI=1S/C16H17ClN4O2/c1-3-8-19-10-18-14-13(19)15(22)20(4-2)16(23)21(14)12-7-5-6-11(17)9-12/h5-7,9-10H,3-4,8H2,1-2H3. The summed E-state index contributed by atoms with van der Waals surface area (Å²) in [5.74, 6) is 0. The van der Waals surface area contributed by atoms with Gasteiger partial charge < -0.3 is 4.57 Å². The molecule has 0 amide bonds. The first-order chi connectivity index (χ1) is 11.1. The third-order valence-corrected chi connectivity index (χ3v) is 3.98. The van der Waals surface area contributed by atoms with Crippen molar-refractivity contribution < 1.29 is 0 Å². The van der Waals surface area contributed by atoms with Crippen LogP contribution in [0.2, 0.25) is 5.02 Å². The molecule has 23 heavy (non-hydrogen) atoms. The molecular formula is C16H17ClN4O2. The van der Waals surface area contributed by atoms with Gasteiger partial charge in [-0.3, -0.25) is 9.36 Å². The van der Waals surface area contributed by atoms with Crippen molar-refractivity contribution >= 4 is 22.8 Å². The number of nitrogens with zero attached hydrogens (tertiary/aromatic N) is 4. The van der Waals surface area contributed by atoms with E-state index in [-0.39, 0.29) is 5.56 Å². The van der Waals surface area contributed by atoms with Crippen LogP contribution in [-0.4, -0.2) is 18.7 Å². The van der Waals surface area contributed by atoms with Crippen LogP contribution in [0.1, 0.15) is 20.3 Å². The van der Waals surface area contributed by atoms with E-state index in [2.05, 4.69) is 4.98 Å². The molecule has 0 radical (unpaired) electrons. The Labute approximate surface area is 137 Å². The predicted octanol–water partition coefficient (Wildman–Crippen LogP) is 2.43. The highest BCUT2D eigenvalue weighted by molar-refractivity contribution is 6.30. The number of fused-ring (bicyclic) bond motifs is 1. The highest BCUT2D eigenvalue weighted by Crippen LogP contribution is 2.17. The van der Waals surface area contributed by atoms with Gasteiger partial charge in [-0.25, -0.2) is 14.3 Å². The molecule has 0 aliphatic carbocycles. The van der Waals surface area contributed by atoms with Gasteiger partial charge >= 0.3 is 5.69 Å². The molecule has 7 heteroatoms. The monoisotopic (exact) mass is 332 g/mol. The maximum absolute atomic E-state index is 12.7. The first-order valence-corrected chi connectivity index (χ1v) is 7.92. The molecule has 0 aliphatic rings. The van der Waals surface area contributed by atoms with Gasteiger partial charge in [0.2, 0.25) is 0 Å². The van der Waals surface area contributed by atoms with E-state index in [0.29, 0.717) is 35.0 Å². The number of aryl methyl sites for hydroxylation is 1. The lowest BCUT2D eigenvalue weighted by molar-refractivity contribution is 0.646. The van der Waals surface area contributed by atoms with Crippen molar-refractivity contribution in [1.82, 2.24) is 18.7 Å². The number of benzene rings is 1. The van der Waals surface area contributed by atoms with Crippen LogP contribution in [0.15, 0.2) is 40.2 Å². The SMILES string of the molecule is CCCn1cnc2c1c(=O)n(CC)c(=O)n2-c1cccc(Cl)c1. The second-order valence-electron chi connectivity index (χ2n) is 5.26. The molecular weight excluding hydrogens is 316 g/mol. The summed E-state index contributed by atoms with van der Waals surface area (Å²) in [7, 11) is 0. The number of imidazole rings is 1. The van der Waals surface area contributed by atoms with Crippen LogP contribution in [0.4, 0.5) is 0 Å². The van der Waals surface area contributed by atoms with E-state index >= 15 is 0 Å². The van der Waals surface area contributed by atoms with Gasteiger partial charge in [-0.2, -0.15) is 0 Å². The lowest BCUT2D eigenvalue weighted by Gasteiger charge is -2.11. The van der Waals surface area contributed by atoms with Crippen LogP contribution < -0.4 is 11.2 Å². The molecule has 0 bridgehead atoms. The summed E-state index contributed by atoms with van der Waals surface area (Å²) < 4.78 is 4.46. The number of halogens is 1. The maximum atomic E-state index is 12.7. The lowest BCUT2D eigenvalue weighted by atomic mass is 10.3. The van der Waals surface area contributed by atoms with Crippen LogP contribution in [-0.2, 0) is 13.1 Å². The van der Waals surface area contributed by atoms with Crippen molar-refractivity contribution in [3.05, 3.63) is 56.5 Å². The first kappa shape index (κ1) is 15.6. The van der Waals surface area contributed by atoms with Crippen LogP contribution in [0.25, 0.3) is 16.9 Å². The number of rotatable bonds is 4. The fourth-order valence-electron chi connectivity index (χ4n) is 2.72. The summed E-state index contributed by atoms with van der Waals surface area (Å²) in [5, 5.41) is 0.518. The molecule has 2 heterocycles. The number of hydrogen-bond donors (Lipinski definition) is 0. The van der Waals surface area contributed by atoms with Crippen molar-refractivity contribution in [2.45, 2.75) is 33.4 Å². The summed E-state index contributed by atoms with van der Waals surface area (Å²) in [6, 6.07) is 6.96. The topological polar surface area (TPSA) is 61.8 Å². The van der Waals surface area contributed by atoms with Crippen LogP contribution in [0.3, 0.4) is 0 Å². The molecule has 3 aromatic rings. The molecule has 0 saturated carbocycles. The Morgan fingerprint density at radius 1 is 1.22 bits per heavy atom. The van der Waals surface area contributed by atoms with E-state index in [1.165, 1.54) is 9.13 Å². The fraction of sp³-hybridized carbons (Fsp3) is 0.312. The third-order valence-electron chi connectivity index (χ3n) is 3.75. The Balaban J connectivity index is 2.46. The van der Waals surface area contributed by atoms with Gasteiger partial charge in [0.1, 0.15) is 0 Å². The maximum Gasteiger partial charge on any atom is 0.337 e. The van der Waals surface area contributed by atoms with E-state index in [9.17, 15) is 9.59 Å². The average molecular weight is 333 g/mol. The Morgan fingerprint density at radius 2 is 2.00 bits per heavy atom. The predicted molar refractivity (Wildman–Crippen MR) is 90.6 cm³/mol. The lowest BCUT2D eigenvalue weighted by Crippen LogP contribution is -2.39. The molecule has 0 atom stereocenters. The van der Waals surface area contributed by atoms with E-state index in [1.807, 2.05) is 6.92 Å². The minimum Gasteiger partial charge on any atom is -0.325 e. The average Bonchev–Trinajstić information content (AvgIpc) is 2.92. The Hall–Kier alpha value is -2.34. The first-order valence-electron chi connectivity index (χ1n) is 7.55. The van der Waals surface area contributed by atoms with E-state index < -0.39 is 5.69 Å². The second kappa shape index (κ2) is 6.04. The van der Waals surface area contributed by atoms with Crippen LogP contribution in [0.5, 0.6) is 0 Å². The molecule has 1 aromatic carbocycles. The van der Waals surface area contributed by atoms with Gasteiger partial charge in [-0.1, -0.05) is 24.6 Å². The summed E-state index contributed by atoms with van der Waals surface area (Å²) in [6.07, 6.45) is 2.48. The quantitative estimate of drug-likeness (QED) is 0.737. The van der Waals surface area contributed by atoms with Crippen molar-refractivity contribution in [1.29, 1.82) is 0 Å². The summed E-state index contributed by atoms with van der Waals surface area (Å²) in [4.78, 5) is 29.7. The second-order valence-corrected chi connectivity index (χ2v) is 5.69. The highest BCUT2D eigenvalue weighted by Gasteiger charge is 2.18. The Bertz CT molecular complexity index is 984. The highest BCUT2D eigenvalue weighted by atomic mass is 35.5. The van der Waals surface area contributed by atoms with E-state index in [4.69, 9.17) is 11.6 Å². The van der Waals surface area contributed by atoms with Gasteiger partial charge in [0.05, 0.1) is 12.0 Å². The zero-order valence-electron chi connectivity index (χ0n) is 13.0. The molecule has 0 N–H and O–H groups in total. The Morgan fingerprint density at radius 3 is 2.65 bits per heavy atom. The van der Waals surface area contributed by atoms with Gasteiger partial charge in [0.25, 0.3) is 5.56 Å². The van der Waals surface area contributed by atoms with Gasteiger partial charge in [0.15, 0.2) is 11.2 Å². The molecule has 0 fully saturated rings. The van der Waals surface area contributed by atoms with Crippen molar-refractivity contribution in [3.8, 4) is 5.69 Å². The molecule has 3 rings (SSSR count). The number of hydrogen-bond acceptors (Lipinski definition) is 3. The largest absolute Gasteiger partial charge is 0.337 e. The third kappa shape index (κ3) is 2.49. The minimum absolute atomic E-state index is 0.297.